The van der Waals surface area contributed by atoms with E-state index in [-0.39, 0.29) is 0 Å². The molecule has 2 nitrogen and oxygen atoms in total. The van der Waals surface area contributed by atoms with Gasteiger partial charge in [0.15, 0.2) is 3.79 Å². The third-order valence-corrected chi connectivity index (χ3v) is 2.27. The van der Waals surface area contributed by atoms with Crippen molar-refractivity contribution in [1.82, 2.24) is 4.90 Å². The summed E-state index contributed by atoms with van der Waals surface area (Å²) in [6.07, 6.45) is 0. The molecule has 1 rings (SSSR count). The normalized spacial score (nSPS) is 22.8. The highest BCUT2D eigenvalue weighted by Crippen LogP contribution is 2.16. The summed E-state index contributed by atoms with van der Waals surface area (Å²) in [5, 5.41) is 0. The molecule has 0 unspecified atom stereocenters. The van der Waals surface area contributed by atoms with Gasteiger partial charge < -0.3 is 4.90 Å². The number of rotatable bonds is 1. The second kappa shape index (κ2) is 2.31. The maximum Gasteiger partial charge on any atom is 0.198 e. The zero-order valence-corrected chi connectivity index (χ0v) is 6.88. The lowest BCUT2D eigenvalue weighted by atomic mass is 10.0. The molecule has 0 aliphatic carbocycles. The van der Waals surface area contributed by atoms with E-state index >= 15 is 0 Å². The fraction of sp³-hybridized carbons (Fsp3) is 0.800. The Bertz CT molecular complexity index is 109. The van der Waals surface area contributed by atoms with Gasteiger partial charge in [-0.2, -0.15) is 0 Å². The van der Waals surface area contributed by atoms with Gasteiger partial charge in [-0.3, -0.25) is 4.79 Å². The number of likely N-dealkylation sites (tertiary alicyclic amines) is 1. The molecule has 1 heterocycles. The average molecular weight is 225 g/mol. The summed E-state index contributed by atoms with van der Waals surface area (Å²) >= 11 is 1.86. The predicted molar refractivity (Wildman–Crippen MR) is 40.0 cm³/mol. The highest BCUT2D eigenvalue weighted by molar-refractivity contribution is 14.1. The summed E-state index contributed by atoms with van der Waals surface area (Å²) in [7, 11) is 2.02. The zero-order valence-electron chi connectivity index (χ0n) is 4.72. The third kappa shape index (κ3) is 1.20. The Labute approximate surface area is 62.4 Å². The van der Waals surface area contributed by atoms with Crippen LogP contribution in [-0.4, -0.2) is 28.8 Å². The molecule has 1 fully saturated rings. The quantitative estimate of drug-likeness (QED) is 0.478. The molecule has 0 aromatic carbocycles. The molecule has 3 heteroatoms. The van der Waals surface area contributed by atoms with Crippen molar-refractivity contribution in [1.29, 1.82) is 0 Å². The van der Waals surface area contributed by atoms with Gasteiger partial charge in [0.2, 0.25) is 0 Å². The first-order valence-electron chi connectivity index (χ1n) is 2.58. The van der Waals surface area contributed by atoms with Gasteiger partial charge in [0, 0.05) is 13.1 Å². The Morgan fingerprint density at radius 3 is 2.38 bits per heavy atom. The van der Waals surface area contributed by atoms with Gasteiger partial charge in [-0.25, -0.2) is 0 Å². The number of hydrogen-bond acceptors (Lipinski definition) is 2. The molecule has 0 radical (unpaired) electrons. The molecule has 1 aliphatic rings. The molecule has 1 saturated heterocycles. The van der Waals surface area contributed by atoms with Crippen molar-refractivity contribution in [3.63, 3.8) is 0 Å². The number of nitrogens with zero attached hydrogens (tertiary/aromatic N) is 1. The third-order valence-electron chi connectivity index (χ3n) is 1.39. The first-order chi connectivity index (χ1) is 3.70. The summed E-state index contributed by atoms with van der Waals surface area (Å²) in [4.78, 5) is 12.7. The zero-order chi connectivity index (χ0) is 6.15. The van der Waals surface area contributed by atoms with E-state index in [4.69, 9.17) is 0 Å². The van der Waals surface area contributed by atoms with Crippen LogP contribution in [0.4, 0.5) is 0 Å². The molecule has 0 aromatic heterocycles. The van der Waals surface area contributed by atoms with Gasteiger partial charge in [0.05, 0.1) is 5.92 Å². The van der Waals surface area contributed by atoms with Crippen molar-refractivity contribution in [2.24, 2.45) is 5.92 Å². The SMILES string of the molecule is CN1CC(C(=O)I)C1. The molecule has 46 valence electrons. The van der Waals surface area contributed by atoms with Crippen LogP contribution in [0.25, 0.3) is 0 Å². The summed E-state index contributed by atoms with van der Waals surface area (Å²) in [5.74, 6) is 0.334. The van der Waals surface area contributed by atoms with Crippen LogP contribution in [0.2, 0.25) is 0 Å². The van der Waals surface area contributed by atoms with Gasteiger partial charge in [-0.1, -0.05) is 0 Å². The van der Waals surface area contributed by atoms with E-state index in [0.717, 1.165) is 13.1 Å². The minimum atomic E-state index is 0.306. The highest BCUT2D eigenvalue weighted by atomic mass is 127. The Kier molecular flexibility index (Phi) is 1.87. The standard InChI is InChI=1S/C5H8INO/c1-7-2-4(3-7)5(6)8/h4H,2-3H2,1H3. The topological polar surface area (TPSA) is 20.3 Å². The van der Waals surface area contributed by atoms with Crippen molar-refractivity contribution < 1.29 is 4.79 Å². The average Bonchev–Trinajstić information content (AvgIpc) is 1.57. The second-order valence-corrected chi connectivity index (χ2v) is 3.29. The molecule has 0 atom stereocenters. The van der Waals surface area contributed by atoms with Crippen molar-refractivity contribution >= 4 is 26.4 Å². The van der Waals surface area contributed by atoms with E-state index in [1.807, 2.05) is 29.6 Å². The Morgan fingerprint density at radius 1 is 1.75 bits per heavy atom. The number of halogens is 1. The van der Waals surface area contributed by atoms with Gasteiger partial charge in [0.25, 0.3) is 0 Å². The number of carbonyl (C=O) groups excluding carboxylic acids is 1. The maximum absolute atomic E-state index is 10.5. The molecule has 0 saturated carbocycles. The molecule has 0 amide bonds. The van der Waals surface area contributed by atoms with Gasteiger partial charge in [0.1, 0.15) is 0 Å². The molecule has 8 heavy (non-hydrogen) atoms. The van der Waals surface area contributed by atoms with Crippen LogP contribution in [0.15, 0.2) is 0 Å². The van der Waals surface area contributed by atoms with Gasteiger partial charge >= 0.3 is 0 Å². The van der Waals surface area contributed by atoms with Crippen LogP contribution < -0.4 is 0 Å². The summed E-state index contributed by atoms with van der Waals surface area (Å²) < 4.78 is 0.306. The molecule has 0 aromatic rings. The van der Waals surface area contributed by atoms with E-state index in [9.17, 15) is 4.79 Å². The van der Waals surface area contributed by atoms with Crippen LogP contribution >= 0.6 is 22.6 Å². The number of carbonyl (C=O) groups is 1. The fourth-order valence-electron chi connectivity index (χ4n) is 0.843. The first kappa shape index (κ1) is 6.48. The summed E-state index contributed by atoms with van der Waals surface area (Å²) in [6.45, 7) is 1.92. The Morgan fingerprint density at radius 2 is 2.25 bits per heavy atom. The lowest BCUT2D eigenvalue weighted by Gasteiger charge is -2.33. The summed E-state index contributed by atoms with van der Waals surface area (Å²) in [5.41, 5.74) is 0. The van der Waals surface area contributed by atoms with Crippen LogP contribution in [0.3, 0.4) is 0 Å². The summed E-state index contributed by atoms with van der Waals surface area (Å²) in [6, 6.07) is 0. The molecule has 0 spiro atoms. The predicted octanol–water partition coefficient (Wildman–Crippen LogP) is 0.510. The minimum absolute atomic E-state index is 0.306. The lowest BCUT2D eigenvalue weighted by Crippen LogP contribution is -2.46. The van der Waals surface area contributed by atoms with Crippen LogP contribution in [0.5, 0.6) is 0 Å². The molecule has 0 bridgehead atoms. The smallest absolute Gasteiger partial charge is 0.198 e. The van der Waals surface area contributed by atoms with Gasteiger partial charge in [-0.15, -0.1) is 0 Å². The van der Waals surface area contributed by atoms with Crippen molar-refractivity contribution in [2.45, 2.75) is 0 Å². The van der Waals surface area contributed by atoms with E-state index < -0.39 is 0 Å². The van der Waals surface area contributed by atoms with E-state index in [1.54, 1.807) is 0 Å². The Balaban J connectivity index is 2.25. The van der Waals surface area contributed by atoms with E-state index in [1.165, 1.54) is 0 Å². The van der Waals surface area contributed by atoms with E-state index in [2.05, 4.69) is 4.90 Å². The van der Waals surface area contributed by atoms with Crippen molar-refractivity contribution in [3.05, 3.63) is 0 Å². The lowest BCUT2D eigenvalue weighted by molar-refractivity contribution is -0.116. The van der Waals surface area contributed by atoms with Gasteiger partial charge in [-0.05, 0) is 29.6 Å². The first-order valence-corrected chi connectivity index (χ1v) is 3.66. The second-order valence-electron chi connectivity index (χ2n) is 2.22. The maximum atomic E-state index is 10.5. The molecular formula is C5H8INO. The van der Waals surface area contributed by atoms with Crippen LogP contribution in [0.1, 0.15) is 0 Å². The van der Waals surface area contributed by atoms with Crippen LogP contribution in [0, 0.1) is 5.92 Å². The van der Waals surface area contributed by atoms with Crippen molar-refractivity contribution in [2.75, 3.05) is 20.1 Å². The minimum Gasteiger partial charge on any atom is -0.305 e. The number of hydrogen-bond donors (Lipinski definition) is 0. The monoisotopic (exact) mass is 225 g/mol. The fourth-order valence-corrected chi connectivity index (χ4v) is 1.24. The Hall–Kier alpha value is 0.360. The highest BCUT2D eigenvalue weighted by Gasteiger charge is 2.27. The van der Waals surface area contributed by atoms with Crippen molar-refractivity contribution in [3.8, 4) is 0 Å². The largest absolute Gasteiger partial charge is 0.305 e. The molecule has 0 N–H and O–H groups in total. The molecule has 1 aliphatic heterocycles. The van der Waals surface area contributed by atoms with E-state index in [0.29, 0.717) is 9.71 Å². The molecular weight excluding hydrogens is 217 g/mol. The van der Waals surface area contributed by atoms with Crippen LogP contribution in [-0.2, 0) is 4.79 Å².